The summed E-state index contributed by atoms with van der Waals surface area (Å²) in [4.78, 5) is 28.4. The summed E-state index contributed by atoms with van der Waals surface area (Å²) in [5.41, 5.74) is -0.496. The van der Waals surface area contributed by atoms with Gasteiger partial charge in [-0.1, -0.05) is 29.3 Å². The van der Waals surface area contributed by atoms with Crippen LogP contribution in [-0.4, -0.2) is 36.9 Å². The van der Waals surface area contributed by atoms with E-state index in [9.17, 15) is 9.59 Å². The molecule has 2 aromatic rings. The predicted molar refractivity (Wildman–Crippen MR) is 128 cm³/mol. The van der Waals surface area contributed by atoms with Gasteiger partial charge in [-0.25, -0.2) is 8.78 Å². The third-order valence-electron chi connectivity index (χ3n) is 7.17. The highest BCUT2D eigenvalue weighted by molar-refractivity contribution is 6.42. The van der Waals surface area contributed by atoms with E-state index >= 15 is 8.78 Å². The van der Waals surface area contributed by atoms with Gasteiger partial charge >= 0.3 is 0 Å². The molecule has 0 bridgehead atoms. The van der Waals surface area contributed by atoms with E-state index in [0.717, 1.165) is 0 Å². The van der Waals surface area contributed by atoms with Crippen molar-refractivity contribution in [2.24, 2.45) is 0 Å². The first kappa shape index (κ1) is 23.1. The molecule has 1 aliphatic carbocycles. The van der Waals surface area contributed by atoms with Gasteiger partial charge in [0.25, 0.3) is 0 Å². The van der Waals surface area contributed by atoms with E-state index in [4.69, 9.17) is 23.2 Å². The smallest absolute Gasteiger partial charge is 0.246 e. The first-order chi connectivity index (χ1) is 16.1. The lowest BCUT2D eigenvalue weighted by Gasteiger charge is -2.34. The second-order valence-corrected chi connectivity index (χ2v) is 10.0. The maximum atomic E-state index is 15.3. The highest BCUT2D eigenvalue weighted by Gasteiger charge is 2.60. The number of carbonyl (C=O) groups excluding carboxylic acids is 2. The number of likely N-dealkylation sites (N-methyl/N-ethyl adjacent to an activating group) is 1. The molecule has 2 heterocycles. The Kier molecular flexibility index (Phi) is 5.41. The second kappa shape index (κ2) is 7.95. The van der Waals surface area contributed by atoms with E-state index in [1.807, 2.05) is 0 Å². The van der Waals surface area contributed by atoms with Gasteiger partial charge in [0.15, 0.2) is 0 Å². The maximum Gasteiger partial charge on any atom is 0.246 e. The summed E-state index contributed by atoms with van der Waals surface area (Å²) in [6, 6.07) is 5.65. The van der Waals surface area contributed by atoms with Crippen LogP contribution < -0.4 is 10.2 Å². The van der Waals surface area contributed by atoms with Crippen molar-refractivity contribution in [3.05, 3.63) is 69.2 Å². The Balaban J connectivity index is 1.60. The van der Waals surface area contributed by atoms with Crippen LogP contribution in [0, 0.1) is 11.6 Å². The molecule has 1 saturated heterocycles. The summed E-state index contributed by atoms with van der Waals surface area (Å²) in [5, 5.41) is 3.50. The van der Waals surface area contributed by atoms with Gasteiger partial charge in [-0.05, 0) is 56.5 Å². The summed E-state index contributed by atoms with van der Waals surface area (Å²) in [5.74, 6) is -1.39. The SMILES string of the molecule is C/C=C/C(=O)N1CCC(Nc2cc(F)c3c(c2)N(C)C(=O)C32CC2)(c2c(F)ccc(Cl)c2Cl)C1. The fourth-order valence-electron chi connectivity index (χ4n) is 5.39. The molecule has 1 saturated carbocycles. The number of amides is 2. The highest BCUT2D eigenvalue weighted by atomic mass is 35.5. The number of benzene rings is 2. The number of rotatable bonds is 4. The number of nitrogens with one attached hydrogen (secondary N) is 1. The van der Waals surface area contributed by atoms with Gasteiger partial charge < -0.3 is 15.1 Å². The van der Waals surface area contributed by atoms with E-state index in [-0.39, 0.29) is 34.0 Å². The molecule has 0 radical (unpaired) electrons. The molecule has 2 amide bonds. The molecule has 2 aromatic carbocycles. The van der Waals surface area contributed by atoms with Crippen LogP contribution in [-0.2, 0) is 20.5 Å². The fourth-order valence-corrected chi connectivity index (χ4v) is 5.88. The molecule has 2 aliphatic heterocycles. The van der Waals surface area contributed by atoms with Crippen molar-refractivity contribution in [2.45, 2.75) is 37.1 Å². The zero-order chi connectivity index (χ0) is 24.4. The van der Waals surface area contributed by atoms with Crippen molar-refractivity contribution in [3.63, 3.8) is 0 Å². The first-order valence-electron chi connectivity index (χ1n) is 11.1. The van der Waals surface area contributed by atoms with E-state index in [2.05, 4.69) is 5.32 Å². The number of anilines is 2. The van der Waals surface area contributed by atoms with Gasteiger partial charge in [0.05, 0.1) is 26.7 Å². The third kappa shape index (κ3) is 3.32. The molecule has 1 unspecified atom stereocenters. The van der Waals surface area contributed by atoms with Crippen LogP contribution in [0.4, 0.5) is 20.2 Å². The standard InChI is InChI=1S/C25H23Cl2F2N3O2/c1-3-4-19(33)32-10-9-25(13-32,21-16(28)6-5-15(26)22(21)27)30-14-11-17(29)20-18(12-14)31(2)23(34)24(20)7-8-24/h3-6,11-12,30H,7-10,13H2,1-2H3/b4-3+. The zero-order valence-electron chi connectivity index (χ0n) is 18.7. The Labute approximate surface area is 206 Å². The summed E-state index contributed by atoms with van der Waals surface area (Å²) in [6.45, 7) is 2.18. The highest BCUT2D eigenvalue weighted by Crippen LogP contribution is 2.58. The molecule has 2 fully saturated rings. The van der Waals surface area contributed by atoms with Crippen LogP contribution in [0.15, 0.2) is 36.4 Å². The summed E-state index contributed by atoms with van der Waals surface area (Å²) in [7, 11) is 1.63. The molecule has 34 heavy (non-hydrogen) atoms. The Bertz CT molecular complexity index is 1260. The zero-order valence-corrected chi connectivity index (χ0v) is 20.2. The molecule has 0 aromatic heterocycles. The van der Waals surface area contributed by atoms with Crippen LogP contribution in [0.25, 0.3) is 0 Å². The van der Waals surface area contributed by atoms with Crippen molar-refractivity contribution < 1.29 is 18.4 Å². The van der Waals surface area contributed by atoms with Gasteiger partial charge in [-0.3, -0.25) is 9.59 Å². The molecular formula is C25H23Cl2F2N3O2. The molecule has 5 nitrogen and oxygen atoms in total. The summed E-state index contributed by atoms with van der Waals surface area (Å²) >= 11 is 12.7. The third-order valence-corrected chi connectivity index (χ3v) is 7.97. The molecule has 1 spiro atoms. The minimum Gasteiger partial charge on any atom is -0.373 e. The van der Waals surface area contributed by atoms with E-state index in [1.54, 1.807) is 31.0 Å². The van der Waals surface area contributed by atoms with Crippen molar-refractivity contribution in [2.75, 3.05) is 30.4 Å². The van der Waals surface area contributed by atoms with Crippen LogP contribution in [0.2, 0.25) is 10.0 Å². The molecule has 1 atom stereocenters. The number of carbonyl (C=O) groups is 2. The van der Waals surface area contributed by atoms with Crippen molar-refractivity contribution in [1.82, 2.24) is 4.90 Å². The number of allylic oxidation sites excluding steroid dienone is 1. The molecule has 9 heteroatoms. The predicted octanol–water partition coefficient (Wildman–Crippen LogP) is 5.40. The molecular weight excluding hydrogens is 483 g/mol. The fraction of sp³-hybridized carbons (Fsp3) is 0.360. The quantitative estimate of drug-likeness (QED) is 0.447. The molecule has 1 N–H and O–H groups in total. The number of hydrogen-bond donors (Lipinski definition) is 1. The Morgan fingerprint density at radius 1 is 1.12 bits per heavy atom. The largest absolute Gasteiger partial charge is 0.373 e. The van der Waals surface area contributed by atoms with Crippen molar-refractivity contribution in [1.29, 1.82) is 0 Å². The molecule has 178 valence electrons. The monoisotopic (exact) mass is 505 g/mol. The van der Waals surface area contributed by atoms with E-state index in [0.29, 0.717) is 42.7 Å². The topological polar surface area (TPSA) is 52.7 Å². The van der Waals surface area contributed by atoms with Crippen molar-refractivity contribution in [3.8, 4) is 0 Å². The lowest BCUT2D eigenvalue weighted by atomic mass is 9.87. The van der Waals surface area contributed by atoms with Crippen LogP contribution in [0.3, 0.4) is 0 Å². The average molecular weight is 506 g/mol. The first-order valence-corrected chi connectivity index (χ1v) is 11.8. The molecule has 5 rings (SSSR count). The van der Waals surface area contributed by atoms with Gasteiger partial charge in [-0.2, -0.15) is 0 Å². The number of nitrogens with zero attached hydrogens (tertiary/aromatic N) is 2. The lowest BCUT2D eigenvalue weighted by molar-refractivity contribution is -0.125. The summed E-state index contributed by atoms with van der Waals surface area (Å²) in [6.07, 6.45) is 4.66. The number of hydrogen-bond acceptors (Lipinski definition) is 3. The van der Waals surface area contributed by atoms with E-state index < -0.39 is 22.6 Å². The van der Waals surface area contributed by atoms with Gasteiger partial charge in [0, 0.05) is 37.0 Å². The maximum absolute atomic E-state index is 15.3. The Morgan fingerprint density at radius 2 is 1.85 bits per heavy atom. The van der Waals surface area contributed by atoms with Crippen LogP contribution in [0.5, 0.6) is 0 Å². The number of likely N-dealkylation sites (tertiary alicyclic amines) is 1. The van der Waals surface area contributed by atoms with Crippen LogP contribution in [0.1, 0.15) is 37.3 Å². The Morgan fingerprint density at radius 3 is 2.53 bits per heavy atom. The molecule has 3 aliphatic rings. The Hall–Kier alpha value is -2.64. The van der Waals surface area contributed by atoms with Crippen LogP contribution >= 0.6 is 23.2 Å². The van der Waals surface area contributed by atoms with Gasteiger partial charge in [0.1, 0.15) is 11.6 Å². The summed E-state index contributed by atoms with van der Waals surface area (Å²) < 4.78 is 30.5. The average Bonchev–Trinajstić information content (AvgIpc) is 3.43. The minimum absolute atomic E-state index is 0.0420. The van der Waals surface area contributed by atoms with Crippen molar-refractivity contribution >= 4 is 46.4 Å². The number of halogens is 4. The van der Waals surface area contributed by atoms with Gasteiger partial charge in [-0.15, -0.1) is 0 Å². The van der Waals surface area contributed by atoms with E-state index in [1.165, 1.54) is 29.2 Å². The lowest BCUT2D eigenvalue weighted by Crippen LogP contribution is -2.41. The second-order valence-electron chi connectivity index (χ2n) is 9.23. The number of fused-ring (bicyclic) bond motifs is 2. The van der Waals surface area contributed by atoms with Gasteiger partial charge in [0.2, 0.25) is 11.8 Å². The minimum atomic E-state index is -1.15. The normalized spacial score (nSPS) is 22.7.